The summed E-state index contributed by atoms with van der Waals surface area (Å²) in [6.45, 7) is 0. The Morgan fingerprint density at radius 1 is 1.44 bits per heavy atom. The van der Waals surface area contributed by atoms with Crippen LogP contribution in [0, 0.1) is 0 Å². The number of aromatic nitrogens is 2. The molecule has 2 aromatic rings. The first-order valence-corrected chi connectivity index (χ1v) is 5.85. The quantitative estimate of drug-likeness (QED) is 0.938. The molecule has 4 heteroatoms. The van der Waals surface area contributed by atoms with Crippen molar-refractivity contribution in [1.29, 1.82) is 0 Å². The molecule has 1 unspecified atom stereocenters. The second kappa shape index (κ2) is 4.80. The minimum Gasteiger partial charge on any atom is -0.386 e. The molecule has 0 spiro atoms. The van der Waals surface area contributed by atoms with Crippen LogP contribution in [0.25, 0.3) is 0 Å². The highest BCUT2D eigenvalue weighted by molar-refractivity contribution is 9.10. The van der Waals surface area contributed by atoms with Crippen molar-refractivity contribution in [2.24, 2.45) is 7.05 Å². The molecule has 0 aliphatic carbocycles. The molecular formula is C12H13BrN2O. The first kappa shape index (κ1) is 11.4. The van der Waals surface area contributed by atoms with E-state index in [2.05, 4.69) is 20.9 Å². The number of halogens is 1. The standard InChI is InChI=1S/C12H13BrN2O/c1-15-7-11(14-8-15)12(16)6-9-4-2-3-5-10(9)13/h2-5,7-8,12,16H,6H2,1H3. The number of aliphatic hydroxyl groups excluding tert-OH is 1. The summed E-state index contributed by atoms with van der Waals surface area (Å²) >= 11 is 3.47. The van der Waals surface area contributed by atoms with Crippen molar-refractivity contribution < 1.29 is 5.11 Å². The van der Waals surface area contributed by atoms with Crippen LogP contribution in [-0.4, -0.2) is 14.7 Å². The van der Waals surface area contributed by atoms with E-state index in [1.165, 1.54) is 0 Å². The van der Waals surface area contributed by atoms with Gasteiger partial charge in [0.25, 0.3) is 0 Å². The van der Waals surface area contributed by atoms with Crippen LogP contribution in [-0.2, 0) is 13.5 Å². The Morgan fingerprint density at radius 3 is 2.81 bits per heavy atom. The summed E-state index contributed by atoms with van der Waals surface area (Å²) in [4.78, 5) is 4.14. The maximum Gasteiger partial charge on any atom is 0.102 e. The number of hydrogen-bond acceptors (Lipinski definition) is 2. The first-order chi connectivity index (χ1) is 7.66. The molecule has 2 rings (SSSR count). The van der Waals surface area contributed by atoms with Gasteiger partial charge in [-0.3, -0.25) is 0 Å². The monoisotopic (exact) mass is 280 g/mol. The molecule has 0 saturated carbocycles. The number of benzene rings is 1. The molecule has 16 heavy (non-hydrogen) atoms. The molecular weight excluding hydrogens is 268 g/mol. The van der Waals surface area contributed by atoms with Crippen molar-refractivity contribution in [3.63, 3.8) is 0 Å². The second-order valence-electron chi connectivity index (χ2n) is 3.78. The van der Waals surface area contributed by atoms with E-state index in [-0.39, 0.29) is 0 Å². The van der Waals surface area contributed by atoms with Crippen LogP contribution in [0.15, 0.2) is 41.3 Å². The van der Waals surface area contributed by atoms with Crippen molar-refractivity contribution >= 4 is 15.9 Å². The third kappa shape index (κ3) is 2.51. The number of aliphatic hydroxyl groups is 1. The normalized spacial score (nSPS) is 12.7. The van der Waals surface area contributed by atoms with Crippen LogP contribution >= 0.6 is 15.9 Å². The summed E-state index contributed by atoms with van der Waals surface area (Å²) in [5, 5.41) is 10.0. The zero-order chi connectivity index (χ0) is 11.5. The minimum atomic E-state index is -0.556. The average Bonchev–Trinajstić information content (AvgIpc) is 2.68. The predicted molar refractivity (Wildman–Crippen MR) is 66.0 cm³/mol. The molecule has 0 radical (unpaired) electrons. The van der Waals surface area contributed by atoms with E-state index in [0.717, 1.165) is 10.0 Å². The minimum absolute atomic E-state index is 0.556. The molecule has 0 amide bonds. The number of hydrogen-bond donors (Lipinski definition) is 1. The Bertz CT molecular complexity index is 481. The molecule has 0 aliphatic rings. The number of rotatable bonds is 3. The maximum absolute atomic E-state index is 10.0. The largest absolute Gasteiger partial charge is 0.386 e. The highest BCUT2D eigenvalue weighted by Crippen LogP contribution is 2.22. The lowest BCUT2D eigenvalue weighted by molar-refractivity contribution is 0.174. The lowest BCUT2D eigenvalue weighted by Gasteiger charge is -2.09. The zero-order valence-electron chi connectivity index (χ0n) is 8.97. The zero-order valence-corrected chi connectivity index (χ0v) is 10.6. The summed E-state index contributed by atoms with van der Waals surface area (Å²) < 4.78 is 2.85. The van der Waals surface area contributed by atoms with Crippen molar-refractivity contribution in [1.82, 2.24) is 9.55 Å². The Kier molecular flexibility index (Phi) is 3.41. The molecule has 0 bridgehead atoms. The van der Waals surface area contributed by atoms with E-state index in [4.69, 9.17) is 0 Å². The fourth-order valence-electron chi connectivity index (χ4n) is 1.58. The molecule has 0 aliphatic heterocycles. The van der Waals surface area contributed by atoms with Gasteiger partial charge in [-0.25, -0.2) is 4.98 Å². The smallest absolute Gasteiger partial charge is 0.102 e. The molecule has 3 nitrogen and oxygen atoms in total. The lowest BCUT2D eigenvalue weighted by Crippen LogP contribution is -2.02. The van der Waals surface area contributed by atoms with Gasteiger partial charge in [0, 0.05) is 24.1 Å². The van der Waals surface area contributed by atoms with Gasteiger partial charge in [-0.2, -0.15) is 0 Å². The third-order valence-electron chi connectivity index (χ3n) is 2.44. The second-order valence-corrected chi connectivity index (χ2v) is 4.63. The average molecular weight is 281 g/mol. The van der Waals surface area contributed by atoms with Gasteiger partial charge < -0.3 is 9.67 Å². The lowest BCUT2D eigenvalue weighted by atomic mass is 10.1. The van der Waals surface area contributed by atoms with Gasteiger partial charge in [0.1, 0.15) is 6.10 Å². The number of nitrogens with zero attached hydrogens (tertiary/aromatic N) is 2. The first-order valence-electron chi connectivity index (χ1n) is 5.06. The highest BCUT2D eigenvalue weighted by Gasteiger charge is 2.12. The van der Waals surface area contributed by atoms with E-state index in [1.807, 2.05) is 42.1 Å². The van der Waals surface area contributed by atoms with Crippen molar-refractivity contribution in [3.8, 4) is 0 Å². The molecule has 1 aromatic heterocycles. The third-order valence-corrected chi connectivity index (χ3v) is 3.21. The van der Waals surface area contributed by atoms with Crippen LogP contribution < -0.4 is 0 Å². The van der Waals surface area contributed by atoms with E-state index in [0.29, 0.717) is 12.1 Å². The van der Waals surface area contributed by atoms with Crippen LogP contribution in [0.1, 0.15) is 17.4 Å². The van der Waals surface area contributed by atoms with E-state index in [1.54, 1.807) is 6.33 Å². The number of imidazole rings is 1. The fourth-order valence-corrected chi connectivity index (χ4v) is 2.03. The topological polar surface area (TPSA) is 38.0 Å². The van der Waals surface area contributed by atoms with E-state index < -0.39 is 6.10 Å². The van der Waals surface area contributed by atoms with Gasteiger partial charge >= 0.3 is 0 Å². The SMILES string of the molecule is Cn1cnc(C(O)Cc2ccccc2Br)c1. The highest BCUT2D eigenvalue weighted by atomic mass is 79.9. The molecule has 1 heterocycles. The van der Waals surface area contributed by atoms with E-state index >= 15 is 0 Å². The van der Waals surface area contributed by atoms with Gasteiger partial charge in [-0.1, -0.05) is 34.1 Å². The Labute approximate surface area is 103 Å². The molecule has 1 N–H and O–H groups in total. The van der Waals surface area contributed by atoms with Crippen LogP contribution in [0.5, 0.6) is 0 Å². The van der Waals surface area contributed by atoms with E-state index in [9.17, 15) is 5.11 Å². The summed E-state index contributed by atoms with van der Waals surface area (Å²) in [5.74, 6) is 0. The molecule has 0 fully saturated rings. The predicted octanol–water partition coefficient (Wildman–Crippen LogP) is 2.46. The summed E-state index contributed by atoms with van der Waals surface area (Å²) in [6, 6.07) is 7.89. The van der Waals surface area contributed by atoms with Gasteiger partial charge in [-0.15, -0.1) is 0 Å². The molecule has 84 valence electrons. The van der Waals surface area contributed by atoms with Crippen LogP contribution in [0.3, 0.4) is 0 Å². The Hall–Kier alpha value is -1.13. The van der Waals surface area contributed by atoms with Crippen molar-refractivity contribution in [2.45, 2.75) is 12.5 Å². The molecule has 0 saturated heterocycles. The summed E-state index contributed by atoms with van der Waals surface area (Å²) in [6.07, 6.45) is 3.54. The van der Waals surface area contributed by atoms with Gasteiger partial charge in [0.15, 0.2) is 0 Å². The molecule has 1 atom stereocenters. The Balaban J connectivity index is 2.13. The Morgan fingerprint density at radius 2 is 2.19 bits per heavy atom. The summed E-state index contributed by atoms with van der Waals surface area (Å²) in [5.41, 5.74) is 1.79. The van der Waals surface area contributed by atoms with Crippen molar-refractivity contribution in [2.75, 3.05) is 0 Å². The molecule has 1 aromatic carbocycles. The van der Waals surface area contributed by atoms with Crippen molar-refractivity contribution in [3.05, 3.63) is 52.5 Å². The number of aryl methyl sites for hydroxylation is 1. The van der Waals surface area contributed by atoms with Crippen LogP contribution in [0.4, 0.5) is 0 Å². The van der Waals surface area contributed by atoms with Gasteiger partial charge in [0.2, 0.25) is 0 Å². The van der Waals surface area contributed by atoms with Gasteiger partial charge in [-0.05, 0) is 11.6 Å². The van der Waals surface area contributed by atoms with Crippen LogP contribution in [0.2, 0.25) is 0 Å². The summed E-state index contributed by atoms with van der Waals surface area (Å²) in [7, 11) is 1.89. The maximum atomic E-state index is 10.0. The van der Waals surface area contributed by atoms with Gasteiger partial charge in [0.05, 0.1) is 12.0 Å². The fraction of sp³-hybridized carbons (Fsp3) is 0.250.